The molecule has 0 aromatic heterocycles. The SMILES string of the molecule is CCOc1ccc(N(CC(=O)Nc2ccc(S(=O)(=O)Nc3ccc(F)cc3)cc2)S(=O)(=O)c2ccc(SC)cc2)cc1. The Bertz CT molecular complexity index is 1730. The highest BCUT2D eigenvalue weighted by molar-refractivity contribution is 7.98. The summed E-state index contributed by atoms with van der Waals surface area (Å²) in [7, 11) is -8.11. The van der Waals surface area contributed by atoms with Gasteiger partial charge >= 0.3 is 0 Å². The van der Waals surface area contributed by atoms with Crippen molar-refractivity contribution in [2.75, 3.05) is 33.8 Å². The highest BCUT2D eigenvalue weighted by Crippen LogP contribution is 2.27. The van der Waals surface area contributed by atoms with Gasteiger partial charge in [0.15, 0.2) is 0 Å². The minimum atomic E-state index is -4.14. The second kappa shape index (κ2) is 13.3. The summed E-state index contributed by atoms with van der Waals surface area (Å²) in [5, 5.41) is 2.62. The van der Waals surface area contributed by atoms with E-state index in [9.17, 15) is 26.0 Å². The number of amides is 1. The average Bonchev–Trinajstić information content (AvgIpc) is 2.98. The third kappa shape index (κ3) is 7.60. The molecule has 13 heteroatoms. The molecule has 220 valence electrons. The fourth-order valence-corrected chi connectivity index (χ4v) is 6.73. The lowest BCUT2D eigenvalue weighted by molar-refractivity contribution is -0.114. The molecular formula is C29H28FN3O6S3. The molecule has 0 fully saturated rings. The summed E-state index contributed by atoms with van der Waals surface area (Å²) in [5.41, 5.74) is 0.706. The first-order valence-corrected chi connectivity index (χ1v) is 16.7. The van der Waals surface area contributed by atoms with Gasteiger partial charge in [0.1, 0.15) is 18.1 Å². The lowest BCUT2D eigenvalue weighted by Crippen LogP contribution is -2.38. The van der Waals surface area contributed by atoms with Crippen LogP contribution in [0.1, 0.15) is 6.92 Å². The second-order valence-electron chi connectivity index (χ2n) is 8.80. The first-order chi connectivity index (χ1) is 20.0. The standard InChI is InChI=1S/C29H28FN3O6S3/c1-3-39-25-12-10-24(11-13-25)33(42(37,38)28-18-14-26(40-2)15-19-28)20-29(34)31-22-8-16-27(17-9-22)41(35,36)32-23-6-4-21(30)5-7-23/h4-19,32H,3,20H2,1-2H3,(H,31,34). The van der Waals surface area contributed by atoms with E-state index in [-0.39, 0.29) is 26.9 Å². The fraction of sp³-hybridized carbons (Fsp3) is 0.138. The maximum absolute atomic E-state index is 13.7. The van der Waals surface area contributed by atoms with Crippen LogP contribution >= 0.6 is 11.8 Å². The van der Waals surface area contributed by atoms with Crippen LogP contribution in [0.4, 0.5) is 21.5 Å². The summed E-state index contributed by atoms with van der Waals surface area (Å²) < 4.78 is 74.7. The molecule has 9 nitrogen and oxygen atoms in total. The first kappa shape index (κ1) is 30.9. The van der Waals surface area contributed by atoms with Gasteiger partial charge < -0.3 is 10.1 Å². The summed E-state index contributed by atoms with van der Waals surface area (Å²) in [4.78, 5) is 13.9. The minimum absolute atomic E-state index is 0.0187. The maximum Gasteiger partial charge on any atom is 0.264 e. The van der Waals surface area contributed by atoms with E-state index in [1.54, 1.807) is 36.4 Å². The van der Waals surface area contributed by atoms with Crippen LogP contribution in [0, 0.1) is 5.82 Å². The topological polar surface area (TPSA) is 122 Å². The van der Waals surface area contributed by atoms with Gasteiger partial charge in [-0.25, -0.2) is 21.2 Å². The quantitative estimate of drug-likeness (QED) is 0.196. The lowest BCUT2D eigenvalue weighted by atomic mass is 10.3. The molecule has 0 aliphatic rings. The van der Waals surface area contributed by atoms with E-state index in [4.69, 9.17) is 4.74 Å². The number of hydrogen-bond donors (Lipinski definition) is 2. The smallest absolute Gasteiger partial charge is 0.264 e. The molecule has 0 heterocycles. The molecule has 2 N–H and O–H groups in total. The molecule has 0 spiro atoms. The molecule has 0 unspecified atom stereocenters. The molecular weight excluding hydrogens is 602 g/mol. The molecule has 4 rings (SSSR count). The van der Waals surface area contributed by atoms with Crippen molar-refractivity contribution in [2.45, 2.75) is 21.6 Å². The van der Waals surface area contributed by atoms with Crippen molar-refractivity contribution in [3.8, 4) is 5.75 Å². The van der Waals surface area contributed by atoms with E-state index >= 15 is 0 Å². The number of hydrogen-bond acceptors (Lipinski definition) is 7. The van der Waals surface area contributed by atoms with E-state index in [1.807, 2.05) is 13.2 Å². The average molecular weight is 630 g/mol. The summed E-state index contributed by atoms with van der Waals surface area (Å²) in [6.07, 6.45) is 1.88. The number of rotatable bonds is 12. The Morgan fingerprint density at radius 3 is 1.95 bits per heavy atom. The number of carbonyl (C=O) groups excluding carboxylic acids is 1. The molecule has 4 aromatic carbocycles. The number of halogens is 1. The van der Waals surface area contributed by atoms with Gasteiger partial charge in [0, 0.05) is 16.3 Å². The molecule has 0 bridgehead atoms. The summed E-state index contributed by atoms with van der Waals surface area (Å²) in [5.74, 6) is -0.593. The zero-order chi connectivity index (χ0) is 30.3. The van der Waals surface area contributed by atoms with Crippen molar-refractivity contribution in [3.05, 3.63) is 103 Å². The van der Waals surface area contributed by atoms with Crippen LogP contribution in [0.15, 0.2) is 112 Å². The van der Waals surface area contributed by atoms with Crippen molar-refractivity contribution < 1.29 is 30.8 Å². The van der Waals surface area contributed by atoms with E-state index in [1.165, 1.54) is 60.3 Å². The van der Waals surface area contributed by atoms with Gasteiger partial charge in [0.2, 0.25) is 5.91 Å². The molecule has 1 amide bonds. The summed E-state index contributed by atoms with van der Waals surface area (Å²) in [6.45, 7) is 1.72. The van der Waals surface area contributed by atoms with Crippen LogP contribution in [0.3, 0.4) is 0 Å². The van der Waals surface area contributed by atoms with E-state index in [0.29, 0.717) is 12.4 Å². The number of carbonyl (C=O) groups is 1. The number of benzene rings is 4. The number of sulfonamides is 2. The predicted molar refractivity (Wildman–Crippen MR) is 163 cm³/mol. The fourth-order valence-electron chi connectivity index (χ4n) is 3.85. The summed E-state index contributed by atoms with van der Waals surface area (Å²) in [6, 6.07) is 22.9. The van der Waals surface area contributed by atoms with E-state index < -0.39 is 38.3 Å². The van der Waals surface area contributed by atoms with Crippen LogP contribution < -0.4 is 19.1 Å². The normalized spacial score (nSPS) is 11.5. The van der Waals surface area contributed by atoms with Crippen LogP contribution in [0.5, 0.6) is 5.75 Å². The first-order valence-electron chi connectivity index (χ1n) is 12.6. The van der Waals surface area contributed by atoms with E-state index in [0.717, 1.165) is 21.3 Å². The van der Waals surface area contributed by atoms with Crippen molar-refractivity contribution in [3.63, 3.8) is 0 Å². The van der Waals surface area contributed by atoms with Gasteiger partial charge in [-0.1, -0.05) is 0 Å². The number of nitrogens with one attached hydrogen (secondary N) is 2. The Balaban J connectivity index is 1.53. The van der Waals surface area contributed by atoms with Gasteiger partial charge in [-0.15, -0.1) is 11.8 Å². The zero-order valence-corrected chi connectivity index (χ0v) is 25.1. The summed E-state index contributed by atoms with van der Waals surface area (Å²) >= 11 is 1.47. The van der Waals surface area contributed by atoms with Crippen molar-refractivity contribution >= 4 is 54.8 Å². The highest BCUT2D eigenvalue weighted by atomic mass is 32.2. The monoisotopic (exact) mass is 629 g/mol. The third-order valence-electron chi connectivity index (χ3n) is 5.92. The molecule has 42 heavy (non-hydrogen) atoms. The van der Waals surface area contributed by atoms with Crippen LogP contribution in [0.2, 0.25) is 0 Å². The molecule has 0 saturated carbocycles. The van der Waals surface area contributed by atoms with Gasteiger partial charge in [-0.2, -0.15) is 0 Å². The molecule has 0 saturated heterocycles. The largest absolute Gasteiger partial charge is 0.494 e. The van der Waals surface area contributed by atoms with E-state index in [2.05, 4.69) is 10.0 Å². The van der Waals surface area contributed by atoms with Crippen LogP contribution in [-0.2, 0) is 24.8 Å². The van der Waals surface area contributed by atoms with Crippen molar-refractivity contribution in [1.29, 1.82) is 0 Å². The lowest BCUT2D eigenvalue weighted by Gasteiger charge is -2.24. The van der Waals surface area contributed by atoms with Crippen molar-refractivity contribution in [2.24, 2.45) is 0 Å². The molecule has 0 radical (unpaired) electrons. The van der Waals surface area contributed by atoms with Gasteiger partial charge in [-0.05, 0) is 110 Å². The number of nitrogens with zero attached hydrogens (tertiary/aromatic N) is 1. The number of thioether (sulfide) groups is 1. The number of anilines is 3. The molecule has 4 aromatic rings. The Morgan fingerprint density at radius 1 is 0.810 bits per heavy atom. The highest BCUT2D eigenvalue weighted by Gasteiger charge is 2.27. The minimum Gasteiger partial charge on any atom is -0.494 e. The van der Waals surface area contributed by atoms with Crippen molar-refractivity contribution in [1.82, 2.24) is 0 Å². The predicted octanol–water partition coefficient (Wildman–Crippen LogP) is 5.58. The van der Waals surface area contributed by atoms with Gasteiger partial charge in [-0.3, -0.25) is 13.8 Å². The van der Waals surface area contributed by atoms with Crippen LogP contribution in [-0.4, -0.2) is 42.2 Å². The van der Waals surface area contributed by atoms with Gasteiger partial charge in [0.25, 0.3) is 20.0 Å². The second-order valence-corrected chi connectivity index (χ2v) is 13.2. The molecule has 0 aliphatic carbocycles. The number of ether oxygens (including phenoxy) is 1. The Labute approximate surface area is 248 Å². The Morgan fingerprint density at radius 2 is 1.38 bits per heavy atom. The van der Waals surface area contributed by atoms with Crippen LogP contribution in [0.25, 0.3) is 0 Å². The van der Waals surface area contributed by atoms with Gasteiger partial charge in [0.05, 0.1) is 22.1 Å². The Kier molecular flexibility index (Phi) is 9.76. The maximum atomic E-state index is 13.7. The zero-order valence-electron chi connectivity index (χ0n) is 22.7. The molecule has 0 aliphatic heterocycles. The third-order valence-corrected chi connectivity index (χ3v) is 9.84. The molecule has 0 atom stereocenters. The Hall–Kier alpha value is -4.07.